The van der Waals surface area contributed by atoms with Crippen LogP contribution >= 0.6 is 0 Å². The summed E-state index contributed by atoms with van der Waals surface area (Å²) in [5.41, 5.74) is 4.69. The Morgan fingerprint density at radius 1 is 1.04 bits per heavy atom. The second-order valence-corrected chi connectivity index (χ2v) is 6.09. The second kappa shape index (κ2) is 7.34. The van der Waals surface area contributed by atoms with Crippen molar-refractivity contribution in [1.29, 1.82) is 0 Å². The van der Waals surface area contributed by atoms with Crippen LogP contribution in [-0.4, -0.2) is 11.0 Å². The molecule has 0 saturated heterocycles. The summed E-state index contributed by atoms with van der Waals surface area (Å²) in [7, 11) is 0. The Balaban J connectivity index is 2.01. The van der Waals surface area contributed by atoms with E-state index in [1.165, 1.54) is 6.92 Å². The van der Waals surface area contributed by atoms with Gasteiger partial charge in [-0.2, -0.15) is 0 Å². The van der Waals surface area contributed by atoms with Gasteiger partial charge < -0.3 is 9.47 Å². The van der Waals surface area contributed by atoms with Crippen LogP contribution in [0.4, 0.5) is 0 Å². The van der Waals surface area contributed by atoms with E-state index in [2.05, 4.69) is 11.1 Å². The van der Waals surface area contributed by atoms with Crippen LogP contribution in [0.1, 0.15) is 29.3 Å². The van der Waals surface area contributed by atoms with E-state index in [-0.39, 0.29) is 12.6 Å². The minimum absolute atomic E-state index is 0.146. The summed E-state index contributed by atoms with van der Waals surface area (Å²) < 4.78 is 11.3. The van der Waals surface area contributed by atoms with Gasteiger partial charge in [-0.05, 0) is 31.5 Å². The highest BCUT2D eigenvalue weighted by molar-refractivity contribution is 5.87. The van der Waals surface area contributed by atoms with Gasteiger partial charge in [0, 0.05) is 17.9 Å². The SMILES string of the molecule is CC(=O)OCc1nc2ccc(C)cc2c(OCc2ccccc2)c1C. The summed E-state index contributed by atoms with van der Waals surface area (Å²) >= 11 is 0. The van der Waals surface area contributed by atoms with Gasteiger partial charge in [0.05, 0.1) is 11.2 Å². The largest absolute Gasteiger partial charge is 0.488 e. The van der Waals surface area contributed by atoms with E-state index in [1.54, 1.807) is 0 Å². The van der Waals surface area contributed by atoms with Gasteiger partial charge in [0.2, 0.25) is 0 Å². The van der Waals surface area contributed by atoms with Crippen molar-refractivity contribution >= 4 is 16.9 Å². The van der Waals surface area contributed by atoms with Gasteiger partial charge in [0.15, 0.2) is 0 Å². The van der Waals surface area contributed by atoms with Crippen molar-refractivity contribution in [2.45, 2.75) is 34.0 Å². The highest BCUT2D eigenvalue weighted by atomic mass is 16.5. The molecule has 4 nitrogen and oxygen atoms in total. The third-order valence-electron chi connectivity index (χ3n) is 4.06. The van der Waals surface area contributed by atoms with Crippen LogP contribution in [0.5, 0.6) is 5.75 Å². The quantitative estimate of drug-likeness (QED) is 0.644. The minimum Gasteiger partial charge on any atom is -0.488 e. The lowest BCUT2D eigenvalue weighted by Crippen LogP contribution is -2.06. The first-order valence-corrected chi connectivity index (χ1v) is 8.24. The first-order valence-electron chi connectivity index (χ1n) is 8.24. The Hall–Kier alpha value is -2.88. The monoisotopic (exact) mass is 335 g/mol. The number of pyridine rings is 1. The predicted molar refractivity (Wildman–Crippen MR) is 97.5 cm³/mol. The first kappa shape index (κ1) is 17.0. The van der Waals surface area contributed by atoms with Crippen LogP contribution in [0.25, 0.3) is 10.9 Å². The van der Waals surface area contributed by atoms with E-state index < -0.39 is 0 Å². The Labute approximate surface area is 147 Å². The minimum atomic E-state index is -0.322. The van der Waals surface area contributed by atoms with Gasteiger partial charge in [0.25, 0.3) is 0 Å². The number of benzene rings is 2. The normalized spacial score (nSPS) is 10.7. The van der Waals surface area contributed by atoms with Gasteiger partial charge in [-0.3, -0.25) is 4.79 Å². The lowest BCUT2D eigenvalue weighted by atomic mass is 10.1. The fourth-order valence-corrected chi connectivity index (χ4v) is 2.72. The van der Waals surface area contributed by atoms with Crippen molar-refractivity contribution < 1.29 is 14.3 Å². The summed E-state index contributed by atoms with van der Waals surface area (Å²) in [5, 5.41) is 0.972. The standard InChI is InChI=1S/C21H21NO3/c1-14-9-10-19-18(11-14)21(25-12-17-7-5-4-6-8-17)15(2)20(22-19)13-24-16(3)23/h4-11H,12-13H2,1-3H3. The summed E-state index contributed by atoms with van der Waals surface area (Å²) in [6, 6.07) is 16.1. The van der Waals surface area contributed by atoms with Crippen LogP contribution < -0.4 is 4.74 Å². The predicted octanol–water partition coefficient (Wildman–Crippen LogP) is 4.49. The van der Waals surface area contributed by atoms with E-state index in [0.717, 1.165) is 39.0 Å². The van der Waals surface area contributed by atoms with Crippen molar-refractivity contribution in [3.8, 4) is 5.75 Å². The molecule has 0 spiro atoms. The number of aromatic nitrogens is 1. The van der Waals surface area contributed by atoms with E-state index >= 15 is 0 Å². The number of rotatable bonds is 5. The average Bonchev–Trinajstić information content (AvgIpc) is 2.60. The lowest BCUT2D eigenvalue weighted by Gasteiger charge is -2.16. The van der Waals surface area contributed by atoms with Crippen LogP contribution in [0.2, 0.25) is 0 Å². The number of carbonyl (C=O) groups is 1. The van der Waals surface area contributed by atoms with Crippen molar-refractivity contribution in [1.82, 2.24) is 4.98 Å². The zero-order valence-electron chi connectivity index (χ0n) is 14.7. The molecule has 1 heterocycles. The summed E-state index contributed by atoms with van der Waals surface area (Å²) in [6.45, 7) is 6.01. The molecular weight excluding hydrogens is 314 g/mol. The molecular formula is C21H21NO3. The van der Waals surface area contributed by atoms with Crippen molar-refractivity contribution in [2.75, 3.05) is 0 Å². The third-order valence-corrected chi connectivity index (χ3v) is 4.06. The fraction of sp³-hybridized carbons (Fsp3) is 0.238. The molecule has 0 aliphatic heterocycles. The molecule has 0 bridgehead atoms. The second-order valence-electron chi connectivity index (χ2n) is 6.09. The molecule has 0 amide bonds. The topological polar surface area (TPSA) is 48.4 Å². The third kappa shape index (κ3) is 3.97. The Morgan fingerprint density at radius 3 is 2.52 bits per heavy atom. The highest BCUT2D eigenvalue weighted by Gasteiger charge is 2.14. The molecule has 0 unspecified atom stereocenters. The van der Waals surface area contributed by atoms with Gasteiger partial charge in [-0.1, -0.05) is 42.0 Å². The number of ether oxygens (including phenoxy) is 2. The van der Waals surface area contributed by atoms with Crippen LogP contribution in [0, 0.1) is 13.8 Å². The Morgan fingerprint density at radius 2 is 1.80 bits per heavy atom. The molecule has 4 heteroatoms. The smallest absolute Gasteiger partial charge is 0.303 e. The number of aryl methyl sites for hydroxylation is 1. The summed E-state index contributed by atoms with van der Waals surface area (Å²) in [6.07, 6.45) is 0. The zero-order chi connectivity index (χ0) is 17.8. The van der Waals surface area contributed by atoms with E-state index in [4.69, 9.17) is 9.47 Å². The zero-order valence-corrected chi connectivity index (χ0v) is 14.7. The maximum atomic E-state index is 11.2. The number of esters is 1. The molecule has 3 rings (SSSR count). The molecule has 0 aliphatic carbocycles. The maximum Gasteiger partial charge on any atom is 0.303 e. The number of hydrogen-bond donors (Lipinski definition) is 0. The molecule has 25 heavy (non-hydrogen) atoms. The molecule has 0 saturated carbocycles. The van der Waals surface area contributed by atoms with E-state index in [9.17, 15) is 4.79 Å². The number of fused-ring (bicyclic) bond motifs is 1. The molecule has 2 aromatic carbocycles. The van der Waals surface area contributed by atoms with Crippen molar-refractivity contribution in [2.24, 2.45) is 0 Å². The van der Waals surface area contributed by atoms with E-state index in [0.29, 0.717) is 6.61 Å². The molecule has 3 aromatic rings. The number of nitrogens with zero attached hydrogens (tertiary/aromatic N) is 1. The molecule has 128 valence electrons. The van der Waals surface area contributed by atoms with E-state index in [1.807, 2.05) is 56.3 Å². The summed E-state index contributed by atoms with van der Waals surface area (Å²) in [4.78, 5) is 15.8. The molecule has 0 atom stereocenters. The molecule has 0 aliphatic rings. The average molecular weight is 335 g/mol. The maximum absolute atomic E-state index is 11.2. The van der Waals surface area contributed by atoms with Crippen LogP contribution in [0.3, 0.4) is 0 Å². The molecule has 0 N–H and O–H groups in total. The Kier molecular flexibility index (Phi) is 4.98. The lowest BCUT2D eigenvalue weighted by molar-refractivity contribution is -0.142. The first-order chi connectivity index (χ1) is 12.0. The number of hydrogen-bond acceptors (Lipinski definition) is 4. The molecule has 0 radical (unpaired) electrons. The fourth-order valence-electron chi connectivity index (χ4n) is 2.72. The van der Waals surface area contributed by atoms with Gasteiger partial charge >= 0.3 is 5.97 Å². The van der Waals surface area contributed by atoms with Crippen molar-refractivity contribution in [3.05, 3.63) is 70.9 Å². The molecule has 1 aromatic heterocycles. The number of carbonyl (C=O) groups excluding carboxylic acids is 1. The Bertz CT molecular complexity index is 904. The van der Waals surface area contributed by atoms with Gasteiger partial charge in [0.1, 0.15) is 19.0 Å². The van der Waals surface area contributed by atoms with Crippen LogP contribution in [-0.2, 0) is 22.7 Å². The van der Waals surface area contributed by atoms with Gasteiger partial charge in [-0.15, -0.1) is 0 Å². The van der Waals surface area contributed by atoms with Gasteiger partial charge in [-0.25, -0.2) is 4.98 Å². The molecule has 0 fully saturated rings. The van der Waals surface area contributed by atoms with Crippen molar-refractivity contribution in [3.63, 3.8) is 0 Å². The summed E-state index contributed by atoms with van der Waals surface area (Å²) in [5.74, 6) is 0.469. The highest BCUT2D eigenvalue weighted by Crippen LogP contribution is 2.32. The van der Waals surface area contributed by atoms with Crippen LogP contribution in [0.15, 0.2) is 48.5 Å².